The van der Waals surface area contributed by atoms with Gasteiger partial charge in [-0.15, -0.1) is 0 Å². The lowest BCUT2D eigenvalue weighted by atomic mass is 10.1. The van der Waals surface area contributed by atoms with E-state index in [1.165, 1.54) is 0 Å². The molecule has 0 bridgehead atoms. The second kappa shape index (κ2) is 10.1. The van der Waals surface area contributed by atoms with Gasteiger partial charge in [0.2, 0.25) is 0 Å². The lowest BCUT2D eigenvalue weighted by Gasteiger charge is -2.14. The molecule has 3 rings (SSSR count). The zero-order valence-corrected chi connectivity index (χ0v) is 18.7. The zero-order valence-electron chi connectivity index (χ0n) is 18.7. The minimum Gasteiger partial charge on any atom is -0.493 e. The van der Waals surface area contributed by atoms with Crippen LogP contribution in [0.2, 0.25) is 0 Å². The van der Waals surface area contributed by atoms with Crippen LogP contribution in [-0.2, 0) is 0 Å². The predicted molar refractivity (Wildman–Crippen MR) is 120 cm³/mol. The molecule has 0 saturated heterocycles. The molecule has 0 radical (unpaired) electrons. The van der Waals surface area contributed by atoms with E-state index >= 15 is 0 Å². The van der Waals surface area contributed by atoms with Gasteiger partial charge in [0.1, 0.15) is 0 Å². The van der Waals surface area contributed by atoms with Gasteiger partial charge < -0.3 is 19.3 Å². The first-order valence-corrected chi connectivity index (χ1v) is 10.5. The molecule has 0 aliphatic carbocycles. The lowest BCUT2D eigenvalue weighted by molar-refractivity contribution is 0.102. The van der Waals surface area contributed by atoms with Gasteiger partial charge in [0.25, 0.3) is 11.8 Å². The molecule has 164 valence electrons. The van der Waals surface area contributed by atoms with Gasteiger partial charge in [0.15, 0.2) is 17.3 Å². The number of methoxy groups -OCH3 is 1. The van der Waals surface area contributed by atoms with Gasteiger partial charge in [0, 0.05) is 11.5 Å². The van der Waals surface area contributed by atoms with E-state index in [1.54, 1.807) is 25.3 Å². The van der Waals surface area contributed by atoms with Gasteiger partial charge in [-0.05, 0) is 43.2 Å². The first-order valence-electron chi connectivity index (χ1n) is 10.5. The number of ether oxygens (including phenoxy) is 2. The molecule has 31 heavy (non-hydrogen) atoms. The maximum absolute atomic E-state index is 13.0. The van der Waals surface area contributed by atoms with E-state index in [4.69, 9.17) is 14.0 Å². The van der Waals surface area contributed by atoms with Crippen LogP contribution >= 0.6 is 0 Å². The number of anilines is 1. The molecule has 0 atom stereocenters. The van der Waals surface area contributed by atoms with Crippen molar-refractivity contribution in [3.63, 3.8) is 0 Å². The lowest BCUT2D eigenvalue weighted by Crippen LogP contribution is -2.14. The highest BCUT2D eigenvalue weighted by molar-refractivity contribution is 6.06. The maximum atomic E-state index is 13.0. The number of aromatic nitrogens is 2. The van der Waals surface area contributed by atoms with Crippen LogP contribution < -0.4 is 14.8 Å². The van der Waals surface area contributed by atoms with Gasteiger partial charge in [-0.25, -0.2) is 0 Å². The molecule has 0 spiro atoms. The summed E-state index contributed by atoms with van der Waals surface area (Å²) in [6.07, 6.45) is 2.00. The fourth-order valence-corrected chi connectivity index (χ4v) is 3.03. The van der Waals surface area contributed by atoms with Crippen molar-refractivity contribution in [2.24, 2.45) is 0 Å². The number of hydrogen-bond acceptors (Lipinski definition) is 6. The van der Waals surface area contributed by atoms with E-state index in [0.29, 0.717) is 46.6 Å². The smallest absolute Gasteiger partial charge is 0.260 e. The number of amides is 1. The van der Waals surface area contributed by atoms with E-state index in [-0.39, 0.29) is 11.8 Å². The number of carbonyl (C=O) groups is 1. The fourth-order valence-electron chi connectivity index (χ4n) is 3.03. The van der Waals surface area contributed by atoms with Crippen molar-refractivity contribution in [3.05, 3.63) is 53.3 Å². The number of benzene rings is 2. The van der Waals surface area contributed by atoms with E-state index < -0.39 is 0 Å². The van der Waals surface area contributed by atoms with Crippen LogP contribution in [0.3, 0.4) is 0 Å². The van der Waals surface area contributed by atoms with Crippen LogP contribution in [0.15, 0.2) is 40.9 Å². The maximum Gasteiger partial charge on any atom is 0.260 e. The highest BCUT2D eigenvalue weighted by Crippen LogP contribution is 2.32. The largest absolute Gasteiger partial charge is 0.493 e. The van der Waals surface area contributed by atoms with Gasteiger partial charge in [-0.1, -0.05) is 44.5 Å². The number of aryl methyl sites for hydroxylation is 1. The molecule has 7 heteroatoms. The van der Waals surface area contributed by atoms with Crippen molar-refractivity contribution in [2.75, 3.05) is 19.0 Å². The summed E-state index contributed by atoms with van der Waals surface area (Å²) < 4.78 is 16.6. The number of nitrogens with one attached hydrogen (secondary N) is 1. The Hall–Kier alpha value is -3.35. The Balaban J connectivity index is 1.86. The molecule has 1 amide bonds. The van der Waals surface area contributed by atoms with Crippen LogP contribution in [0.4, 0.5) is 5.69 Å². The second-order valence-electron chi connectivity index (χ2n) is 7.63. The Morgan fingerprint density at radius 3 is 2.68 bits per heavy atom. The summed E-state index contributed by atoms with van der Waals surface area (Å²) in [5.41, 5.74) is 2.66. The fraction of sp³-hybridized carbons (Fsp3) is 0.375. The molecule has 2 aromatic carbocycles. The summed E-state index contributed by atoms with van der Waals surface area (Å²) in [6, 6.07) is 10.8. The molecule has 0 fully saturated rings. The van der Waals surface area contributed by atoms with Crippen LogP contribution in [0, 0.1) is 6.92 Å². The monoisotopic (exact) mass is 423 g/mol. The first kappa shape index (κ1) is 22.3. The van der Waals surface area contributed by atoms with Gasteiger partial charge in [-0.3, -0.25) is 4.79 Å². The Kier molecular flexibility index (Phi) is 7.28. The Bertz CT molecular complexity index is 1040. The van der Waals surface area contributed by atoms with Crippen molar-refractivity contribution in [3.8, 4) is 23.0 Å². The van der Waals surface area contributed by atoms with Crippen LogP contribution in [0.5, 0.6) is 11.5 Å². The Morgan fingerprint density at radius 1 is 1.19 bits per heavy atom. The summed E-state index contributed by atoms with van der Waals surface area (Å²) in [5, 5.41) is 7.03. The van der Waals surface area contributed by atoms with Crippen molar-refractivity contribution in [1.82, 2.24) is 10.1 Å². The summed E-state index contributed by atoms with van der Waals surface area (Å²) in [6.45, 7) is 8.62. The van der Waals surface area contributed by atoms with Crippen LogP contribution in [0.25, 0.3) is 11.5 Å². The highest BCUT2D eigenvalue weighted by atomic mass is 16.5. The number of hydrogen-bond donors (Lipinski definition) is 1. The number of para-hydroxylation sites is 1. The third-order valence-corrected chi connectivity index (χ3v) is 4.88. The molecule has 7 nitrogen and oxygen atoms in total. The first-order chi connectivity index (χ1) is 14.9. The SMILES string of the molecule is CCCCOc1ccc(C(=O)Nc2c(C)cccc2-c2nc(C(C)C)no2)cc1OC. The number of nitrogens with zero attached hydrogens (tertiary/aromatic N) is 2. The van der Waals surface area contributed by atoms with Crippen molar-refractivity contribution >= 4 is 11.6 Å². The minimum absolute atomic E-state index is 0.144. The topological polar surface area (TPSA) is 86.5 Å². The zero-order chi connectivity index (χ0) is 22.4. The van der Waals surface area contributed by atoms with Crippen molar-refractivity contribution in [2.45, 2.75) is 46.5 Å². The van der Waals surface area contributed by atoms with Gasteiger partial charge in [-0.2, -0.15) is 4.98 Å². The number of carbonyl (C=O) groups excluding carboxylic acids is 1. The van der Waals surface area contributed by atoms with E-state index in [1.807, 2.05) is 39.0 Å². The Morgan fingerprint density at radius 2 is 2.00 bits per heavy atom. The molecule has 1 aromatic heterocycles. The number of unbranched alkanes of at least 4 members (excludes halogenated alkanes) is 1. The molecule has 0 aliphatic rings. The van der Waals surface area contributed by atoms with Gasteiger partial charge in [0.05, 0.1) is 25.0 Å². The average molecular weight is 424 g/mol. The second-order valence-corrected chi connectivity index (χ2v) is 7.63. The van der Waals surface area contributed by atoms with Crippen LogP contribution in [-0.4, -0.2) is 29.8 Å². The summed E-state index contributed by atoms with van der Waals surface area (Å²) >= 11 is 0. The molecule has 3 aromatic rings. The molecule has 0 aliphatic heterocycles. The summed E-state index contributed by atoms with van der Waals surface area (Å²) in [4.78, 5) is 17.5. The Labute approximate surface area is 182 Å². The predicted octanol–water partition coefficient (Wildman–Crippen LogP) is 5.61. The summed E-state index contributed by atoms with van der Waals surface area (Å²) in [7, 11) is 1.56. The quantitative estimate of drug-likeness (QED) is 0.450. The molecular formula is C24H29N3O4. The number of rotatable bonds is 9. The van der Waals surface area contributed by atoms with E-state index in [0.717, 1.165) is 18.4 Å². The third kappa shape index (κ3) is 5.23. The molecule has 1 N–H and O–H groups in total. The van der Waals surface area contributed by atoms with Crippen molar-refractivity contribution in [1.29, 1.82) is 0 Å². The van der Waals surface area contributed by atoms with Gasteiger partial charge >= 0.3 is 0 Å². The van der Waals surface area contributed by atoms with E-state index in [9.17, 15) is 4.79 Å². The molecule has 1 heterocycles. The molecular weight excluding hydrogens is 394 g/mol. The summed E-state index contributed by atoms with van der Waals surface area (Å²) in [5.74, 6) is 2.02. The average Bonchev–Trinajstić information content (AvgIpc) is 3.26. The molecule has 0 unspecified atom stereocenters. The normalized spacial score (nSPS) is 10.9. The van der Waals surface area contributed by atoms with Crippen LogP contribution in [0.1, 0.15) is 61.3 Å². The minimum atomic E-state index is -0.266. The standard InChI is InChI=1S/C24H29N3O4/c1-6-7-13-30-19-12-11-17(14-20(19)29-5)23(28)25-21-16(4)9-8-10-18(21)24-26-22(15(2)3)27-31-24/h8-12,14-15H,6-7,13H2,1-5H3,(H,25,28). The molecule has 0 saturated carbocycles. The van der Waals surface area contributed by atoms with E-state index in [2.05, 4.69) is 22.4 Å². The van der Waals surface area contributed by atoms with Crippen molar-refractivity contribution < 1.29 is 18.8 Å². The highest BCUT2D eigenvalue weighted by Gasteiger charge is 2.19. The third-order valence-electron chi connectivity index (χ3n) is 4.88.